The van der Waals surface area contributed by atoms with Crippen molar-refractivity contribution in [1.82, 2.24) is 0 Å². The number of benzene rings is 2. The highest BCUT2D eigenvalue weighted by Crippen LogP contribution is 2.38. The Morgan fingerprint density at radius 1 is 0.963 bits per heavy atom. The molecule has 0 aliphatic carbocycles. The quantitative estimate of drug-likeness (QED) is 0.775. The van der Waals surface area contributed by atoms with Gasteiger partial charge in [0.25, 0.3) is 5.91 Å². The average Bonchev–Trinajstić information content (AvgIpc) is 2.64. The molecule has 9 heteroatoms. The SMILES string of the molecule is COc1cc(C(=O)N(C)c2ccc(NS(C)(=O)=O)cc2)cc(OC)c1OC. The summed E-state index contributed by atoms with van der Waals surface area (Å²) in [7, 11) is 2.69. The van der Waals surface area contributed by atoms with Crippen molar-refractivity contribution >= 4 is 27.3 Å². The minimum Gasteiger partial charge on any atom is -0.493 e. The van der Waals surface area contributed by atoms with Crippen LogP contribution in [0.15, 0.2) is 36.4 Å². The van der Waals surface area contributed by atoms with Crippen LogP contribution in [0.1, 0.15) is 10.4 Å². The number of hydrogen-bond donors (Lipinski definition) is 1. The van der Waals surface area contributed by atoms with Crippen LogP contribution < -0.4 is 23.8 Å². The first-order chi connectivity index (χ1) is 12.7. The van der Waals surface area contributed by atoms with Crippen LogP contribution in [-0.4, -0.2) is 49.0 Å². The Bertz CT molecular complexity index is 900. The Labute approximate surface area is 158 Å². The van der Waals surface area contributed by atoms with E-state index in [4.69, 9.17) is 14.2 Å². The first-order valence-corrected chi connectivity index (χ1v) is 9.75. The highest BCUT2D eigenvalue weighted by molar-refractivity contribution is 7.92. The molecule has 146 valence electrons. The molecule has 2 aromatic rings. The third-order valence-electron chi connectivity index (χ3n) is 3.77. The van der Waals surface area contributed by atoms with E-state index in [1.54, 1.807) is 43.4 Å². The normalized spacial score (nSPS) is 10.9. The van der Waals surface area contributed by atoms with E-state index in [1.807, 2.05) is 0 Å². The Morgan fingerprint density at radius 3 is 1.89 bits per heavy atom. The molecule has 0 heterocycles. The van der Waals surface area contributed by atoms with Crippen LogP contribution in [0.5, 0.6) is 17.2 Å². The first-order valence-electron chi connectivity index (χ1n) is 7.86. The molecular formula is C18H22N2O6S. The van der Waals surface area contributed by atoms with Crippen LogP contribution in [0.2, 0.25) is 0 Å². The van der Waals surface area contributed by atoms with Gasteiger partial charge in [0.1, 0.15) is 0 Å². The minimum absolute atomic E-state index is 0.293. The van der Waals surface area contributed by atoms with Crippen molar-refractivity contribution in [3.63, 3.8) is 0 Å². The number of methoxy groups -OCH3 is 3. The van der Waals surface area contributed by atoms with Gasteiger partial charge in [-0.05, 0) is 36.4 Å². The van der Waals surface area contributed by atoms with Gasteiger partial charge in [-0.1, -0.05) is 0 Å². The summed E-state index contributed by atoms with van der Waals surface area (Å²) < 4.78 is 40.7. The number of carbonyl (C=O) groups is 1. The van der Waals surface area contributed by atoms with Crippen LogP contribution >= 0.6 is 0 Å². The number of amides is 1. The number of nitrogens with one attached hydrogen (secondary N) is 1. The van der Waals surface area contributed by atoms with Crippen molar-refractivity contribution < 1.29 is 27.4 Å². The molecule has 0 aliphatic rings. The number of ether oxygens (including phenoxy) is 3. The molecule has 0 atom stereocenters. The zero-order valence-electron chi connectivity index (χ0n) is 15.8. The van der Waals surface area contributed by atoms with Crippen LogP contribution in [-0.2, 0) is 10.0 Å². The van der Waals surface area contributed by atoms with E-state index < -0.39 is 10.0 Å². The highest BCUT2D eigenvalue weighted by atomic mass is 32.2. The average molecular weight is 394 g/mol. The zero-order chi connectivity index (χ0) is 20.2. The second-order valence-corrected chi connectivity index (χ2v) is 7.45. The number of rotatable bonds is 7. The van der Waals surface area contributed by atoms with Gasteiger partial charge >= 0.3 is 0 Å². The summed E-state index contributed by atoms with van der Waals surface area (Å²) in [4.78, 5) is 14.3. The second kappa shape index (κ2) is 8.17. The van der Waals surface area contributed by atoms with Gasteiger partial charge in [-0.15, -0.1) is 0 Å². The van der Waals surface area contributed by atoms with Gasteiger partial charge in [0, 0.05) is 24.0 Å². The van der Waals surface area contributed by atoms with Crippen molar-refractivity contribution in [3.05, 3.63) is 42.0 Å². The topological polar surface area (TPSA) is 94.2 Å². The number of sulfonamides is 1. The van der Waals surface area contributed by atoms with Crippen LogP contribution in [0.3, 0.4) is 0 Å². The van der Waals surface area contributed by atoms with Gasteiger partial charge in [-0.3, -0.25) is 9.52 Å². The van der Waals surface area contributed by atoms with Crippen molar-refractivity contribution in [3.8, 4) is 17.2 Å². The van der Waals surface area contributed by atoms with Crippen molar-refractivity contribution in [1.29, 1.82) is 0 Å². The van der Waals surface area contributed by atoms with Crippen LogP contribution in [0.25, 0.3) is 0 Å². The molecule has 1 amide bonds. The second-order valence-electron chi connectivity index (χ2n) is 5.70. The fourth-order valence-corrected chi connectivity index (χ4v) is 3.05. The lowest BCUT2D eigenvalue weighted by molar-refractivity contribution is 0.0992. The molecule has 2 aromatic carbocycles. The number of carbonyl (C=O) groups excluding carboxylic acids is 1. The van der Waals surface area contributed by atoms with Gasteiger partial charge in [0.05, 0.1) is 27.6 Å². The Morgan fingerprint density at radius 2 is 1.48 bits per heavy atom. The van der Waals surface area contributed by atoms with Crippen molar-refractivity contribution in [2.45, 2.75) is 0 Å². The number of anilines is 2. The highest BCUT2D eigenvalue weighted by Gasteiger charge is 2.20. The van der Waals surface area contributed by atoms with Gasteiger partial charge in [0.15, 0.2) is 11.5 Å². The van der Waals surface area contributed by atoms with E-state index in [2.05, 4.69) is 4.72 Å². The summed E-state index contributed by atoms with van der Waals surface area (Å²) in [6.45, 7) is 0. The zero-order valence-corrected chi connectivity index (χ0v) is 16.6. The molecule has 0 saturated carbocycles. The first kappa shape index (κ1) is 20.4. The molecule has 0 aliphatic heterocycles. The van der Waals surface area contributed by atoms with Crippen LogP contribution in [0, 0.1) is 0 Å². The van der Waals surface area contributed by atoms with E-state index in [1.165, 1.54) is 26.2 Å². The summed E-state index contributed by atoms with van der Waals surface area (Å²) in [6, 6.07) is 9.58. The molecule has 0 fully saturated rings. The van der Waals surface area contributed by atoms with Crippen molar-refractivity contribution in [2.24, 2.45) is 0 Å². The monoisotopic (exact) mass is 394 g/mol. The molecule has 1 N–H and O–H groups in total. The fourth-order valence-electron chi connectivity index (χ4n) is 2.48. The van der Waals surface area contributed by atoms with E-state index in [0.29, 0.717) is 34.2 Å². The molecular weight excluding hydrogens is 372 g/mol. The largest absolute Gasteiger partial charge is 0.493 e. The third-order valence-corrected chi connectivity index (χ3v) is 4.38. The molecule has 8 nitrogen and oxygen atoms in total. The maximum Gasteiger partial charge on any atom is 0.258 e. The molecule has 0 unspecified atom stereocenters. The van der Waals surface area contributed by atoms with E-state index in [0.717, 1.165) is 6.26 Å². The van der Waals surface area contributed by atoms with Gasteiger partial charge in [0.2, 0.25) is 15.8 Å². The lowest BCUT2D eigenvalue weighted by Crippen LogP contribution is -2.26. The van der Waals surface area contributed by atoms with Crippen molar-refractivity contribution in [2.75, 3.05) is 44.3 Å². The Balaban J connectivity index is 2.31. The van der Waals surface area contributed by atoms with Gasteiger partial charge < -0.3 is 19.1 Å². The Kier molecular flexibility index (Phi) is 6.17. The van der Waals surface area contributed by atoms with Gasteiger partial charge in [-0.2, -0.15) is 0 Å². The summed E-state index contributed by atoms with van der Waals surface area (Å²) >= 11 is 0. The molecule has 0 bridgehead atoms. The number of hydrogen-bond acceptors (Lipinski definition) is 6. The molecule has 0 saturated heterocycles. The summed E-state index contributed by atoms with van der Waals surface area (Å²) in [5.41, 5.74) is 1.35. The lowest BCUT2D eigenvalue weighted by atomic mass is 10.1. The van der Waals surface area contributed by atoms with Crippen LogP contribution in [0.4, 0.5) is 11.4 Å². The van der Waals surface area contributed by atoms with Gasteiger partial charge in [-0.25, -0.2) is 8.42 Å². The lowest BCUT2D eigenvalue weighted by Gasteiger charge is -2.20. The van der Waals surface area contributed by atoms with E-state index in [-0.39, 0.29) is 5.91 Å². The number of nitrogens with zero attached hydrogens (tertiary/aromatic N) is 1. The molecule has 27 heavy (non-hydrogen) atoms. The van der Waals surface area contributed by atoms with E-state index in [9.17, 15) is 13.2 Å². The fraction of sp³-hybridized carbons (Fsp3) is 0.278. The summed E-state index contributed by atoms with van der Waals surface area (Å²) in [5, 5.41) is 0. The Hall–Kier alpha value is -2.94. The molecule has 0 spiro atoms. The predicted octanol–water partition coefficient (Wildman–Crippen LogP) is 2.36. The molecule has 2 rings (SSSR count). The predicted molar refractivity (Wildman–Crippen MR) is 104 cm³/mol. The summed E-state index contributed by atoms with van der Waals surface area (Å²) in [6.07, 6.45) is 1.07. The van der Waals surface area contributed by atoms with E-state index >= 15 is 0 Å². The third kappa shape index (κ3) is 4.82. The smallest absolute Gasteiger partial charge is 0.258 e. The standard InChI is InChI=1S/C18H22N2O6S/c1-20(14-8-6-13(7-9-14)19-27(5,22)23)18(21)12-10-15(24-2)17(26-4)16(11-12)25-3/h6-11,19H,1-5H3. The molecule has 0 aromatic heterocycles. The molecule has 0 radical (unpaired) electrons. The minimum atomic E-state index is -3.36. The maximum absolute atomic E-state index is 12.9. The maximum atomic E-state index is 12.9. The summed E-state index contributed by atoms with van der Waals surface area (Å²) in [5.74, 6) is 0.857.